The third-order valence-electron chi connectivity index (χ3n) is 4.36. The molecule has 0 unspecified atom stereocenters. The summed E-state index contributed by atoms with van der Waals surface area (Å²) in [7, 11) is 0. The van der Waals surface area contributed by atoms with E-state index in [0.717, 1.165) is 41.3 Å². The Kier molecular flexibility index (Phi) is 4.02. The van der Waals surface area contributed by atoms with Crippen molar-refractivity contribution in [1.82, 2.24) is 4.98 Å². The molecule has 1 aliphatic rings. The molecule has 0 bridgehead atoms. The maximum Gasteiger partial charge on any atom is 0.303 e. The van der Waals surface area contributed by atoms with Gasteiger partial charge in [0.1, 0.15) is 5.52 Å². The zero-order valence-electron chi connectivity index (χ0n) is 11.8. The maximum absolute atomic E-state index is 11.2. The summed E-state index contributed by atoms with van der Waals surface area (Å²) in [6.45, 7) is 0. The van der Waals surface area contributed by atoms with E-state index in [0.29, 0.717) is 12.3 Å². The number of carbonyl (C=O) groups is 1. The molecule has 0 saturated heterocycles. The number of aliphatic carboxylic acids is 1. The third-order valence-corrected chi connectivity index (χ3v) is 4.85. The van der Waals surface area contributed by atoms with Gasteiger partial charge in [0.05, 0.1) is 6.42 Å². The largest absolute Gasteiger partial charge is 0.481 e. The van der Waals surface area contributed by atoms with E-state index in [9.17, 15) is 9.90 Å². The lowest BCUT2D eigenvalue weighted by atomic mass is 9.69. The summed E-state index contributed by atoms with van der Waals surface area (Å²) in [5.41, 5.74) is 1.39. The van der Waals surface area contributed by atoms with Crippen molar-refractivity contribution in [3.8, 4) is 0 Å². The molecule has 3 rings (SSSR count). The van der Waals surface area contributed by atoms with Crippen molar-refractivity contribution < 1.29 is 14.3 Å². The van der Waals surface area contributed by atoms with Crippen LogP contribution in [0.4, 0.5) is 0 Å². The number of fused-ring (bicyclic) bond motifs is 1. The molecule has 21 heavy (non-hydrogen) atoms. The van der Waals surface area contributed by atoms with Gasteiger partial charge in [0.2, 0.25) is 0 Å². The zero-order chi connectivity index (χ0) is 14.9. The first-order valence-corrected chi connectivity index (χ1v) is 8.12. The Bertz CT molecular complexity index is 659. The average molecular weight is 352 g/mol. The molecule has 1 fully saturated rings. The van der Waals surface area contributed by atoms with E-state index in [1.165, 1.54) is 6.42 Å². The second-order valence-electron chi connectivity index (χ2n) is 6.03. The van der Waals surface area contributed by atoms with Crippen molar-refractivity contribution >= 4 is 33.0 Å². The number of rotatable bonds is 4. The predicted octanol–water partition coefficient (Wildman–Crippen LogP) is 4.56. The highest BCUT2D eigenvalue weighted by molar-refractivity contribution is 9.10. The molecule has 1 N–H and O–H groups in total. The number of aromatic nitrogens is 1. The highest BCUT2D eigenvalue weighted by Crippen LogP contribution is 2.42. The summed E-state index contributed by atoms with van der Waals surface area (Å²) in [5, 5.41) is 9.23. The number of oxazole rings is 1. The highest BCUT2D eigenvalue weighted by atomic mass is 79.9. The van der Waals surface area contributed by atoms with Crippen molar-refractivity contribution in [1.29, 1.82) is 0 Å². The van der Waals surface area contributed by atoms with Crippen molar-refractivity contribution in [3.63, 3.8) is 0 Å². The molecule has 0 spiro atoms. The Balaban J connectivity index is 1.88. The summed E-state index contributed by atoms with van der Waals surface area (Å²) in [4.78, 5) is 15.8. The molecule has 1 aliphatic carbocycles. The van der Waals surface area contributed by atoms with E-state index < -0.39 is 5.97 Å². The van der Waals surface area contributed by atoms with E-state index in [4.69, 9.17) is 4.42 Å². The third kappa shape index (κ3) is 3.28. The van der Waals surface area contributed by atoms with E-state index >= 15 is 0 Å². The predicted molar refractivity (Wildman–Crippen MR) is 83.2 cm³/mol. The standard InChI is InChI=1S/C16H18BrNO3/c17-11-4-5-13-12(8-11)18-14(21-13)9-16(10-15(19)20)6-2-1-3-7-16/h4-5,8H,1-3,6-7,9-10H2,(H,19,20). The average Bonchev–Trinajstić information content (AvgIpc) is 2.79. The molecule has 1 saturated carbocycles. The minimum atomic E-state index is -0.726. The molecular formula is C16H18BrNO3. The Morgan fingerprint density at radius 1 is 1.33 bits per heavy atom. The number of carboxylic acids is 1. The van der Waals surface area contributed by atoms with Crippen LogP contribution < -0.4 is 0 Å². The number of benzene rings is 1. The smallest absolute Gasteiger partial charge is 0.303 e. The number of halogens is 1. The van der Waals surface area contributed by atoms with Crippen LogP contribution in [-0.2, 0) is 11.2 Å². The van der Waals surface area contributed by atoms with Gasteiger partial charge in [-0.1, -0.05) is 35.2 Å². The highest BCUT2D eigenvalue weighted by Gasteiger charge is 2.36. The second-order valence-corrected chi connectivity index (χ2v) is 6.94. The van der Waals surface area contributed by atoms with E-state index in [-0.39, 0.29) is 11.8 Å². The van der Waals surface area contributed by atoms with Crippen LogP contribution in [-0.4, -0.2) is 16.1 Å². The molecule has 1 aromatic carbocycles. The van der Waals surface area contributed by atoms with E-state index in [1.54, 1.807) is 0 Å². The van der Waals surface area contributed by atoms with E-state index in [2.05, 4.69) is 20.9 Å². The summed E-state index contributed by atoms with van der Waals surface area (Å²) in [5.74, 6) is -0.0676. The van der Waals surface area contributed by atoms with Gasteiger partial charge < -0.3 is 9.52 Å². The monoisotopic (exact) mass is 351 g/mol. The van der Waals surface area contributed by atoms with Crippen molar-refractivity contribution in [2.45, 2.75) is 44.9 Å². The molecule has 5 heteroatoms. The number of carboxylic acid groups (broad SMARTS) is 1. The fraction of sp³-hybridized carbons (Fsp3) is 0.500. The molecule has 1 aromatic heterocycles. The normalized spacial score (nSPS) is 18.0. The molecule has 112 valence electrons. The van der Waals surface area contributed by atoms with Gasteiger partial charge in [0.25, 0.3) is 0 Å². The molecule has 0 amide bonds. The maximum atomic E-state index is 11.2. The van der Waals surface area contributed by atoms with E-state index in [1.807, 2.05) is 18.2 Å². The fourth-order valence-electron chi connectivity index (χ4n) is 3.38. The van der Waals surface area contributed by atoms with Crippen molar-refractivity contribution in [2.24, 2.45) is 5.41 Å². The van der Waals surface area contributed by atoms with Crippen LogP contribution in [0.5, 0.6) is 0 Å². The van der Waals surface area contributed by atoms with Crippen molar-refractivity contribution in [3.05, 3.63) is 28.6 Å². The molecule has 0 radical (unpaired) electrons. The minimum absolute atomic E-state index is 0.192. The van der Waals surface area contributed by atoms with Gasteiger partial charge in [-0.3, -0.25) is 4.79 Å². The molecule has 0 aliphatic heterocycles. The fourth-order valence-corrected chi connectivity index (χ4v) is 3.73. The SMILES string of the molecule is O=C(O)CC1(Cc2nc3cc(Br)ccc3o2)CCCCC1. The van der Waals surface area contributed by atoms with Crippen LogP contribution in [0.1, 0.15) is 44.4 Å². The van der Waals surface area contributed by atoms with Gasteiger partial charge in [-0.2, -0.15) is 0 Å². The topological polar surface area (TPSA) is 63.3 Å². The van der Waals surface area contributed by atoms with Crippen LogP contribution in [0.2, 0.25) is 0 Å². The van der Waals surface area contributed by atoms with Gasteiger partial charge >= 0.3 is 5.97 Å². The van der Waals surface area contributed by atoms with Gasteiger partial charge in [0, 0.05) is 10.9 Å². The second kappa shape index (κ2) is 5.79. The zero-order valence-corrected chi connectivity index (χ0v) is 13.4. The van der Waals surface area contributed by atoms with Crippen LogP contribution in [0.3, 0.4) is 0 Å². The van der Waals surface area contributed by atoms with Gasteiger partial charge in [-0.25, -0.2) is 4.98 Å². The molecule has 2 aromatic rings. The van der Waals surface area contributed by atoms with Gasteiger partial charge in [0.15, 0.2) is 11.5 Å². The van der Waals surface area contributed by atoms with Crippen LogP contribution in [0.25, 0.3) is 11.1 Å². The Hall–Kier alpha value is -1.36. The van der Waals surface area contributed by atoms with Crippen LogP contribution in [0, 0.1) is 5.41 Å². The van der Waals surface area contributed by atoms with Gasteiger partial charge in [-0.15, -0.1) is 0 Å². The lowest BCUT2D eigenvalue weighted by Crippen LogP contribution is -2.29. The summed E-state index contributed by atoms with van der Waals surface area (Å²) < 4.78 is 6.77. The number of hydrogen-bond acceptors (Lipinski definition) is 3. The number of nitrogens with zero attached hydrogens (tertiary/aromatic N) is 1. The Labute approximate surface area is 131 Å². The van der Waals surface area contributed by atoms with Crippen molar-refractivity contribution in [2.75, 3.05) is 0 Å². The molecule has 4 nitrogen and oxygen atoms in total. The lowest BCUT2D eigenvalue weighted by Gasteiger charge is -2.35. The minimum Gasteiger partial charge on any atom is -0.481 e. The quantitative estimate of drug-likeness (QED) is 0.876. The Morgan fingerprint density at radius 3 is 2.81 bits per heavy atom. The first-order chi connectivity index (χ1) is 10.1. The summed E-state index contributed by atoms with van der Waals surface area (Å²) in [6, 6.07) is 5.73. The summed E-state index contributed by atoms with van der Waals surface area (Å²) in [6.07, 6.45) is 6.10. The summed E-state index contributed by atoms with van der Waals surface area (Å²) >= 11 is 3.42. The first-order valence-electron chi connectivity index (χ1n) is 7.33. The lowest BCUT2D eigenvalue weighted by molar-refractivity contribution is -0.140. The van der Waals surface area contributed by atoms with Gasteiger partial charge in [-0.05, 0) is 36.5 Å². The first kappa shape index (κ1) is 14.6. The molecular weight excluding hydrogens is 334 g/mol. The Morgan fingerprint density at radius 2 is 2.10 bits per heavy atom. The van der Waals surface area contributed by atoms with Crippen LogP contribution >= 0.6 is 15.9 Å². The number of hydrogen-bond donors (Lipinski definition) is 1. The van der Waals surface area contributed by atoms with Crippen LogP contribution in [0.15, 0.2) is 27.1 Å². The molecule has 0 atom stereocenters. The molecule has 1 heterocycles.